The molecule has 11 heavy (non-hydrogen) atoms. The van der Waals surface area contributed by atoms with Crippen LogP contribution < -0.4 is 0 Å². The normalized spacial score (nSPS) is 8.36. The minimum absolute atomic E-state index is 0. The van der Waals surface area contributed by atoms with Crippen LogP contribution in [0.4, 0.5) is 0 Å². The second-order valence-corrected chi connectivity index (χ2v) is 3.89. The lowest BCUT2D eigenvalue weighted by Crippen LogP contribution is -1.73. The standard InChI is InChI=1S/C8H12S.2CH4/c1-5-6(2)8(4)9-7(5)3;;/h1-4H3;2*1H4. The number of rotatable bonds is 0. The molecule has 0 bridgehead atoms. The Labute approximate surface area is 75.3 Å². The van der Waals surface area contributed by atoms with Crippen LogP contribution in [0.15, 0.2) is 0 Å². The first-order valence-corrected chi connectivity index (χ1v) is 3.97. The van der Waals surface area contributed by atoms with E-state index < -0.39 is 0 Å². The zero-order valence-electron chi connectivity index (χ0n) is 6.41. The van der Waals surface area contributed by atoms with Gasteiger partial charge >= 0.3 is 0 Å². The summed E-state index contributed by atoms with van der Waals surface area (Å²) in [5, 5.41) is 0. The molecule has 0 radical (unpaired) electrons. The van der Waals surface area contributed by atoms with Gasteiger partial charge in [0.25, 0.3) is 0 Å². The topological polar surface area (TPSA) is 0 Å². The van der Waals surface area contributed by atoms with Crippen molar-refractivity contribution in [1.29, 1.82) is 0 Å². The van der Waals surface area contributed by atoms with Gasteiger partial charge in [-0.2, -0.15) is 0 Å². The van der Waals surface area contributed by atoms with Crippen molar-refractivity contribution in [3.05, 3.63) is 20.9 Å². The van der Waals surface area contributed by atoms with E-state index >= 15 is 0 Å². The van der Waals surface area contributed by atoms with Crippen molar-refractivity contribution in [3.63, 3.8) is 0 Å². The van der Waals surface area contributed by atoms with E-state index in [1.54, 1.807) is 0 Å². The number of thiophene rings is 1. The monoisotopic (exact) mass is 172 g/mol. The summed E-state index contributed by atoms with van der Waals surface area (Å²) in [5.41, 5.74) is 2.94. The van der Waals surface area contributed by atoms with Crippen molar-refractivity contribution in [3.8, 4) is 0 Å². The van der Waals surface area contributed by atoms with Crippen molar-refractivity contribution in [2.75, 3.05) is 0 Å². The molecule has 0 spiro atoms. The third-order valence-electron chi connectivity index (χ3n) is 1.92. The molecule has 0 saturated heterocycles. The zero-order valence-corrected chi connectivity index (χ0v) is 7.22. The molecule has 1 aromatic heterocycles. The molecule has 0 atom stereocenters. The SMILES string of the molecule is C.C.Cc1sc(C)c(C)c1C. The second-order valence-electron chi connectivity index (χ2n) is 2.46. The molecule has 1 heteroatoms. The smallest absolute Gasteiger partial charge is 0.00489 e. The fourth-order valence-corrected chi connectivity index (χ4v) is 1.98. The maximum Gasteiger partial charge on any atom is 0.00489 e. The Morgan fingerprint density at radius 3 is 1.09 bits per heavy atom. The number of aryl methyl sites for hydroxylation is 2. The minimum atomic E-state index is 0. The molecule has 0 N–H and O–H groups in total. The molecular weight excluding hydrogens is 152 g/mol. The highest BCUT2D eigenvalue weighted by Crippen LogP contribution is 2.24. The minimum Gasteiger partial charge on any atom is -0.145 e. The molecule has 66 valence electrons. The highest BCUT2D eigenvalue weighted by molar-refractivity contribution is 7.12. The quantitative estimate of drug-likeness (QED) is 0.548. The summed E-state index contributed by atoms with van der Waals surface area (Å²) in [7, 11) is 0. The van der Waals surface area contributed by atoms with Gasteiger partial charge in [0, 0.05) is 9.75 Å². The predicted octanol–water partition coefficient (Wildman–Crippen LogP) is 4.25. The Balaban J connectivity index is 0. The van der Waals surface area contributed by atoms with Crippen LogP contribution in [-0.4, -0.2) is 0 Å². The maximum atomic E-state index is 2.19. The van der Waals surface area contributed by atoms with Crippen LogP contribution in [0.2, 0.25) is 0 Å². The molecule has 0 saturated carbocycles. The Bertz CT molecular complexity index is 199. The molecule has 0 aromatic carbocycles. The Morgan fingerprint density at radius 2 is 1.00 bits per heavy atom. The summed E-state index contributed by atoms with van der Waals surface area (Å²) in [4.78, 5) is 2.93. The van der Waals surface area contributed by atoms with E-state index in [4.69, 9.17) is 0 Å². The van der Waals surface area contributed by atoms with Gasteiger partial charge in [-0.25, -0.2) is 0 Å². The van der Waals surface area contributed by atoms with Crippen molar-refractivity contribution < 1.29 is 0 Å². The average molecular weight is 172 g/mol. The van der Waals surface area contributed by atoms with Gasteiger partial charge in [0.1, 0.15) is 0 Å². The van der Waals surface area contributed by atoms with Gasteiger partial charge in [-0.05, 0) is 38.8 Å². The van der Waals surface area contributed by atoms with Crippen molar-refractivity contribution >= 4 is 11.3 Å². The van der Waals surface area contributed by atoms with Crippen molar-refractivity contribution in [2.45, 2.75) is 42.5 Å². The molecule has 0 aliphatic carbocycles. The molecular formula is C10H20S. The molecule has 0 fully saturated rings. The van der Waals surface area contributed by atoms with Gasteiger partial charge in [0.05, 0.1) is 0 Å². The summed E-state index contributed by atoms with van der Waals surface area (Å²) in [6, 6.07) is 0. The lowest BCUT2D eigenvalue weighted by Gasteiger charge is -1.88. The van der Waals surface area contributed by atoms with E-state index in [0.29, 0.717) is 0 Å². The largest absolute Gasteiger partial charge is 0.145 e. The van der Waals surface area contributed by atoms with Gasteiger partial charge in [-0.15, -0.1) is 11.3 Å². The second kappa shape index (κ2) is 4.55. The molecule has 1 heterocycles. The molecule has 1 aromatic rings. The van der Waals surface area contributed by atoms with E-state index in [-0.39, 0.29) is 14.9 Å². The molecule has 1 rings (SSSR count). The van der Waals surface area contributed by atoms with Crippen LogP contribution in [0.3, 0.4) is 0 Å². The summed E-state index contributed by atoms with van der Waals surface area (Å²) in [5.74, 6) is 0. The van der Waals surface area contributed by atoms with Gasteiger partial charge in [-0.1, -0.05) is 14.9 Å². The molecule has 0 aliphatic rings. The van der Waals surface area contributed by atoms with Gasteiger partial charge < -0.3 is 0 Å². The first kappa shape index (κ1) is 13.3. The molecule has 0 unspecified atom stereocenters. The van der Waals surface area contributed by atoms with Crippen molar-refractivity contribution in [2.24, 2.45) is 0 Å². The van der Waals surface area contributed by atoms with E-state index in [0.717, 1.165) is 0 Å². The zero-order chi connectivity index (χ0) is 7.02. The summed E-state index contributed by atoms with van der Waals surface area (Å²) < 4.78 is 0. The Hall–Kier alpha value is -0.300. The van der Waals surface area contributed by atoms with Crippen LogP contribution in [0.1, 0.15) is 35.7 Å². The van der Waals surface area contributed by atoms with E-state index in [1.807, 2.05) is 11.3 Å². The molecule has 0 nitrogen and oxygen atoms in total. The van der Waals surface area contributed by atoms with Crippen LogP contribution in [0.5, 0.6) is 0 Å². The summed E-state index contributed by atoms with van der Waals surface area (Å²) in [6.07, 6.45) is 0. The van der Waals surface area contributed by atoms with E-state index in [2.05, 4.69) is 27.7 Å². The first-order chi connectivity index (χ1) is 4.13. The first-order valence-electron chi connectivity index (χ1n) is 3.16. The van der Waals surface area contributed by atoms with Crippen LogP contribution in [0, 0.1) is 27.7 Å². The summed E-state index contributed by atoms with van der Waals surface area (Å²) >= 11 is 1.90. The van der Waals surface area contributed by atoms with Crippen LogP contribution in [-0.2, 0) is 0 Å². The van der Waals surface area contributed by atoms with Crippen LogP contribution >= 0.6 is 11.3 Å². The fourth-order valence-electron chi connectivity index (χ4n) is 0.911. The number of hydrogen-bond donors (Lipinski definition) is 0. The Kier molecular flexibility index (Phi) is 5.50. The highest BCUT2D eigenvalue weighted by atomic mass is 32.1. The van der Waals surface area contributed by atoms with Gasteiger partial charge in [0.2, 0.25) is 0 Å². The molecule has 0 amide bonds. The summed E-state index contributed by atoms with van der Waals surface area (Å²) in [6.45, 7) is 8.74. The van der Waals surface area contributed by atoms with Crippen LogP contribution in [0.25, 0.3) is 0 Å². The molecule has 0 aliphatic heterocycles. The van der Waals surface area contributed by atoms with Gasteiger partial charge in [-0.3, -0.25) is 0 Å². The fraction of sp³-hybridized carbons (Fsp3) is 0.600. The Morgan fingerprint density at radius 1 is 0.727 bits per heavy atom. The predicted molar refractivity (Wildman–Crippen MR) is 56.7 cm³/mol. The van der Waals surface area contributed by atoms with Crippen molar-refractivity contribution in [1.82, 2.24) is 0 Å². The van der Waals surface area contributed by atoms with E-state index in [1.165, 1.54) is 20.9 Å². The maximum absolute atomic E-state index is 2.19. The third kappa shape index (κ3) is 2.33. The lowest BCUT2D eigenvalue weighted by molar-refractivity contribution is 1.32. The van der Waals surface area contributed by atoms with Gasteiger partial charge in [0.15, 0.2) is 0 Å². The highest BCUT2D eigenvalue weighted by Gasteiger charge is 2.02. The number of hydrogen-bond acceptors (Lipinski definition) is 1. The van der Waals surface area contributed by atoms with E-state index in [9.17, 15) is 0 Å². The average Bonchev–Trinajstić information content (AvgIpc) is 1.98. The lowest BCUT2D eigenvalue weighted by atomic mass is 10.2. The third-order valence-corrected chi connectivity index (χ3v) is 3.15.